The van der Waals surface area contributed by atoms with Gasteiger partial charge in [0.1, 0.15) is 23.9 Å². The van der Waals surface area contributed by atoms with Gasteiger partial charge in [-0.1, -0.05) is 6.07 Å². The van der Waals surface area contributed by atoms with Gasteiger partial charge in [-0.15, -0.1) is 0 Å². The summed E-state index contributed by atoms with van der Waals surface area (Å²) >= 11 is 0. The normalized spacial score (nSPS) is 11.9. The molecule has 0 heterocycles. The first-order valence-electron chi connectivity index (χ1n) is 8.56. The standard InChI is InChI=1S/C19H14F8N2O2/c1-2-29(9-15(30)28-16-13(20)4-3-5-14(16)21)17(31)10-6-11(18(22,23)24)8-12(7-10)19(25,26)27/h3-8H,2,9H2,1H3,(H,28,30). The molecule has 0 fully saturated rings. The van der Waals surface area contributed by atoms with Crippen LogP contribution in [0.1, 0.15) is 28.4 Å². The highest BCUT2D eigenvalue weighted by Crippen LogP contribution is 2.36. The van der Waals surface area contributed by atoms with Crippen molar-refractivity contribution in [1.82, 2.24) is 4.90 Å². The molecule has 31 heavy (non-hydrogen) atoms. The summed E-state index contributed by atoms with van der Waals surface area (Å²) in [6, 6.07) is 3.06. The third kappa shape index (κ3) is 5.92. The van der Waals surface area contributed by atoms with Crippen molar-refractivity contribution in [2.75, 3.05) is 18.4 Å². The van der Waals surface area contributed by atoms with Gasteiger partial charge in [0, 0.05) is 12.1 Å². The second-order valence-corrected chi connectivity index (χ2v) is 6.26. The molecule has 1 N–H and O–H groups in total. The van der Waals surface area contributed by atoms with E-state index in [0.29, 0.717) is 4.90 Å². The van der Waals surface area contributed by atoms with Crippen LogP contribution in [0.5, 0.6) is 0 Å². The molecule has 0 aliphatic carbocycles. The van der Waals surface area contributed by atoms with E-state index < -0.39 is 64.7 Å². The van der Waals surface area contributed by atoms with E-state index in [1.807, 2.05) is 5.32 Å². The van der Waals surface area contributed by atoms with Gasteiger partial charge in [-0.2, -0.15) is 26.3 Å². The lowest BCUT2D eigenvalue weighted by molar-refractivity contribution is -0.143. The molecule has 168 valence electrons. The van der Waals surface area contributed by atoms with Crippen molar-refractivity contribution in [2.45, 2.75) is 19.3 Å². The highest BCUT2D eigenvalue weighted by molar-refractivity contribution is 5.99. The van der Waals surface area contributed by atoms with E-state index in [1.54, 1.807) is 0 Å². The van der Waals surface area contributed by atoms with Crippen LogP contribution in [0.15, 0.2) is 36.4 Å². The molecule has 2 amide bonds. The van der Waals surface area contributed by atoms with Crippen LogP contribution >= 0.6 is 0 Å². The van der Waals surface area contributed by atoms with E-state index in [1.165, 1.54) is 6.92 Å². The average molecular weight is 454 g/mol. The minimum absolute atomic E-state index is 0.138. The van der Waals surface area contributed by atoms with Crippen LogP contribution in [-0.2, 0) is 17.1 Å². The first-order valence-corrected chi connectivity index (χ1v) is 8.56. The number of anilines is 1. The van der Waals surface area contributed by atoms with Crippen molar-refractivity contribution in [3.63, 3.8) is 0 Å². The number of hydrogen-bond donors (Lipinski definition) is 1. The Hall–Kier alpha value is -3.18. The molecule has 0 aliphatic rings. The van der Waals surface area contributed by atoms with Gasteiger partial charge < -0.3 is 10.2 Å². The molecular weight excluding hydrogens is 440 g/mol. The number of nitrogens with one attached hydrogen (secondary N) is 1. The molecule has 0 unspecified atom stereocenters. The van der Waals surface area contributed by atoms with Crippen LogP contribution in [0.4, 0.5) is 40.8 Å². The van der Waals surface area contributed by atoms with Gasteiger partial charge in [-0.05, 0) is 37.3 Å². The lowest BCUT2D eigenvalue weighted by Gasteiger charge is -2.22. The molecule has 4 nitrogen and oxygen atoms in total. The number of hydrogen-bond acceptors (Lipinski definition) is 2. The number of benzene rings is 2. The number of para-hydroxylation sites is 1. The van der Waals surface area contributed by atoms with Crippen molar-refractivity contribution in [3.05, 3.63) is 64.7 Å². The Labute approximate surface area is 170 Å². The summed E-state index contributed by atoms with van der Waals surface area (Å²) in [5.41, 5.74) is -5.15. The number of carbonyl (C=O) groups is 2. The number of likely N-dealkylation sites (N-methyl/N-ethyl adjacent to an activating group) is 1. The van der Waals surface area contributed by atoms with Crippen LogP contribution < -0.4 is 5.32 Å². The number of rotatable bonds is 5. The van der Waals surface area contributed by atoms with Gasteiger partial charge in [0.25, 0.3) is 5.91 Å². The predicted octanol–water partition coefficient (Wildman–Crippen LogP) is 5.10. The van der Waals surface area contributed by atoms with Crippen LogP contribution in [0.25, 0.3) is 0 Å². The number of amides is 2. The Bertz CT molecular complexity index is 933. The number of halogens is 8. The second kappa shape index (κ2) is 8.90. The highest BCUT2D eigenvalue weighted by atomic mass is 19.4. The summed E-state index contributed by atoms with van der Waals surface area (Å²) in [6.07, 6.45) is -10.3. The molecule has 2 aromatic carbocycles. The van der Waals surface area contributed by atoms with E-state index >= 15 is 0 Å². The number of alkyl halides is 6. The second-order valence-electron chi connectivity index (χ2n) is 6.26. The average Bonchev–Trinajstić information content (AvgIpc) is 2.67. The van der Waals surface area contributed by atoms with E-state index in [9.17, 15) is 44.7 Å². The Morgan fingerprint density at radius 3 is 1.81 bits per heavy atom. The number of carbonyl (C=O) groups excluding carboxylic acids is 2. The topological polar surface area (TPSA) is 49.4 Å². The SMILES string of the molecule is CCN(CC(=O)Nc1c(F)cccc1F)C(=O)c1cc(C(F)(F)F)cc(C(F)(F)F)c1. The van der Waals surface area contributed by atoms with E-state index in [2.05, 4.69) is 0 Å². The molecule has 0 bridgehead atoms. The van der Waals surface area contributed by atoms with E-state index in [4.69, 9.17) is 0 Å². The lowest BCUT2D eigenvalue weighted by atomic mass is 10.0. The molecule has 2 rings (SSSR count). The van der Waals surface area contributed by atoms with Crippen molar-refractivity contribution in [3.8, 4) is 0 Å². The van der Waals surface area contributed by atoms with E-state index in [0.717, 1.165) is 18.2 Å². The molecule has 0 saturated heterocycles. The van der Waals surface area contributed by atoms with Crippen LogP contribution in [0.2, 0.25) is 0 Å². The number of nitrogens with zero attached hydrogens (tertiary/aromatic N) is 1. The van der Waals surface area contributed by atoms with Crippen LogP contribution in [-0.4, -0.2) is 29.8 Å². The van der Waals surface area contributed by atoms with Crippen LogP contribution in [0.3, 0.4) is 0 Å². The molecule has 0 aromatic heterocycles. The van der Waals surface area contributed by atoms with Gasteiger partial charge in [0.05, 0.1) is 11.1 Å². The van der Waals surface area contributed by atoms with Gasteiger partial charge in [0.15, 0.2) is 0 Å². The first-order chi connectivity index (χ1) is 14.2. The summed E-state index contributed by atoms with van der Waals surface area (Å²) in [6.45, 7) is 0.150. The first kappa shape index (κ1) is 24.1. The third-order valence-corrected chi connectivity index (χ3v) is 4.07. The summed E-state index contributed by atoms with van der Waals surface area (Å²) < 4.78 is 105. The minimum Gasteiger partial charge on any atom is -0.330 e. The molecule has 0 spiro atoms. The zero-order chi connectivity index (χ0) is 23.6. The van der Waals surface area contributed by atoms with Crippen molar-refractivity contribution >= 4 is 17.5 Å². The van der Waals surface area contributed by atoms with Gasteiger partial charge >= 0.3 is 12.4 Å². The molecule has 0 aliphatic heterocycles. The van der Waals surface area contributed by atoms with Crippen LogP contribution in [0, 0.1) is 11.6 Å². The predicted molar refractivity (Wildman–Crippen MR) is 93.0 cm³/mol. The summed E-state index contributed by atoms with van der Waals surface area (Å²) in [5.74, 6) is -4.64. The monoisotopic (exact) mass is 454 g/mol. The quantitative estimate of drug-likeness (QED) is 0.639. The Morgan fingerprint density at radius 1 is 0.903 bits per heavy atom. The summed E-state index contributed by atoms with van der Waals surface area (Å²) in [5, 5.41) is 1.88. The van der Waals surface area contributed by atoms with Gasteiger partial charge in [-0.3, -0.25) is 9.59 Å². The fraction of sp³-hybridized carbons (Fsp3) is 0.263. The largest absolute Gasteiger partial charge is 0.416 e. The fourth-order valence-corrected chi connectivity index (χ4v) is 2.56. The fourth-order valence-electron chi connectivity index (χ4n) is 2.56. The minimum atomic E-state index is -5.16. The Balaban J connectivity index is 2.32. The maximum Gasteiger partial charge on any atom is 0.416 e. The summed E-state index contributed by atoms with van der Waals surface area (Å²) in [7, 11) is 0. The van der Waals surface area contributed by atoms with E-state index in [-0.39, 0.29) is 24.7 Å². The Morgan fingerprint density at radius 2 is 1.39 bits per heavy atom. The molecule has 2 aromatic rings. The van der Waals surface area contributed by atoms with Crippen molar-refractivity contribution in [1.29, 1.82) is 0 Å². The smallest absolute Gasteiger partial charge is 0.330 e. The zero-order valence-electron chi connectivity index (χ0n) is 15.7. The molecule has 0 saturated carbocycles. The third-order valence-electron chi connectivity index (χ3n) is 4.07. The van der Waals surface area contributed by atoms with Gasteiger partial charge in [-0.25, -0.2) is 8.78 Å². The van der Waals surface area contributed by atoms with Crippen molar-refractivity contribution in [2.24, 2.45) is 0 Å². The Kier molecular flexibility index (Phi) is 6.92. The summed E-state index contributed by atoms with van der Waals surface area (Å²) in [4.78, 5) is 25.2. The maximum absolute atomic E-state index is 13.6. The highest BCUT2D eigenvalue weighted by Gasteiger charge is 2.38. The van der Waals surface area contributed by atoms with Crippen molar-refractivity contribution < 1.29 is 44.7 Å². The lowest BCUT2D eigenvalue weighted by Crippen LogP contribution is -2.38. The zero-order valence-corrected chi connectivity index (χ0v) is 15.7. The molecular formula is C19H14F8N2O2. The molecule has 0 radical (unpaired) electrons. The maximum atomic E-state index is 13.6. The van der Waals surface area contributed by atoms with Gasteiger partial charge in [0.2, 0.25) is 5.91 Å². The molecule has 12 heteroatoms. The molecule has 0 atom stereocenters.